The number of amides is 3. The number of hydrogen-bond acceptors (Lipinski definition) is 3. The third kappa shape index (κ3) is 5.61. The Kier molecular flexibility index (Phi) is 7.72. The van der Waals surface area contributed by atoms with Crippen LogP contribution in [0, 0.1) is 5.92 Å². The predicted molar refractivity (Wildman–Crippen MR) is 101 cm³/mol. The summed E-state index contributed by atoms with van der Waals surface area (Å²) in [6.45, 7) is 3.63. The molecule has 1 aliphatic rings. The zero-order valence-corrected chi connectivity index (χ0v) is 16.2. The molecule has 0 aliphatic carbocycles. The fourth-order valence-electron chi connectivity index (χ4n) is 2.89. The molecule has 0 radical (unpaired) electrons. The lowest BCUT2D eigenvalue weighted by atomic mass is 9.97. The Bertz CT molecular complexity index is 682. The number of nitrogens with zero attached hydrogens (tertiary/aromatic N) is 1. The number of halogens is 2. The molecule has 6 nitrogen and oxygen atoms in total. The first-order valence-corrected chi connectivity index (χ1v) is 9.46. The van der Waals surface area contributed by atoms with Crippen LogP contribution < -0.4 is 10.6 Å². The lowest BCUT2D eigenvalue weighted by Gasteiger charge is -2.31. The highest BCUT2D eigenvalue weighted by Gasteiger charge is 2.27. The van der Waals surface area contributed by atoms with Crippen LogP contribution in [0.4, 0.5) is 0 Å². The van der Waals surface area contributed by atoms with E-state index in [9.17, 15) is 14.4 Å². The number of rotatable bonds is 6. The van der Waals surface area contributed by atoms with Crippen molar-refractivity contribution in [1.29, 1.82) is 0 Å². The monoisotopic (exact) mass is 399 g/mol. The van der Waals surface area contributed by atoms with Gasteiger partial charge in [0, 0.05) is 38.2 Å². The van der Waals surface area contributed by atoms with Gasteiger partial charge >= 0.3 is 0 Å². The summed E-state index contributed by atoms with van der Waals surface area (Å²) in [5.74, 6) is -0.473. The standard InChI is InChI=1S/C18H23Cl2N3O3/c1-2-16(24)23-9-3-4-13(11-23)18(26)22-8-7-21-17(25)12-5-6-14(19)15(20)10-12/h5-6,10,13H,2-4,7-9,11H2,1H3,(H,21,25)(H,22,26). The Morgan fingerprint density at radius 1 is 1.15 bits per heavy atom. The van der Waals surface area contributed by atoms with Gasteiger partial charge in [0.25, 0.3) is 5.91 Å². The van der Waals surface area contributed by atoms with E-state index in [4.69, 9.17) is 23.2 Å². The Hall–Kier alpha value is -1.79. The molecule has 26 heavy (non-hydrogen) atoms. The molecule has 3 amide bonds. The molecule has 1 fully saturated rings. The van der Waals surface area contributed by atoms with Crippen LogP contribution in [-0.2, 0) is 9.59 Å². The van der Waals surface area contributed by atoms with Gasteiger partial charge in [0.2, 0.25) is 11.8 Å². The van der Waals surface area contributed by atoms with Crippen molar-refractivity contribution >= 4 is 40.9 Å². The molecule has 142 valence electrons. The fourth-order valence-corrected chi connectivity index (χ4v) is 3.18. The number of benzene rings is 1. The van der Waals surface area contributed by atoms with Gasteiger partial charge in [-0.15, -0.1) is 0 Å². The van der Waals surface area contributed by atoms with Gasteiger partial charge in [-0.05, 0) is 31.0 Å². The van der Waals surface area contributed by atoms with Gasteiger partial charge in [0.05, 0.1) is 16.0 Å². The molecule has 2 N–H and O–H groups in total. The van der Waals surface area contributed by atoms with Gasteiger partial charge in [0.1, 0.15) is 0 Å². The molecule has 1 aliphatic heterocycles. The van der Waals surface area contributed by atoms with Crippen molar-refractivity contribution in [2.75, 3.05) is 26.2 Å². The summed E-state index contributed by atoms with van der Waals surface area (Å²) in [5.41, 5.74) is 0.409. The van der Waals surface area contributed by atoms with E-state index in [2.05, 4.69) is 10.6 Å². The average Bonchev–Trinajstić information content (AvgIpc) is 2.66. The van der Waals surface area contributed by atoms with Crippen LogP contribution in [0.3, 0.4) is 0 Å². The lowest BCUT2D eigenvalue weighted by Crippen LogP contribution is -2.46. The highest BCUT2D eigenvalue weighted by atomic mass is 35.5. The number of carbonyl (C=O) groups is 3. The normalized spacial score (nSPS) is 16.9. The van der Waals surface area contributed by atoms with Crippen LogP contribution in [0.2, 0.25) is 10.0 Å². The molecule has 1 heterocycles. The largest absolute Gasteiger partial charge is 0.354 e. The quantitative estimate of drug-likeness (QED) is 0.721. The molecule has 1 saturated heterocycles. The van der Waals surface area contributed by atoms with Crippen LogP contribution in [0.5, 0.6) is 0 Å². The zero-order chi connectivity index (χ0) is 19.1. The van der Waals surface area contributed by atoms with Crippen LogP contribution in [0.1, 0.15) is 36.5 Å². The van der Waals surface area contributed by atoms with Crippen molar-refractivity contribution in [3.05, 3.63) is 33.8 Å². The van der Waals surface area contributed by atoms with Crippen molar-refractivity contribution in [3.63, 3.8) is 0 Å². The second-order valence-corrected chi connectivity index (χ2v) is 7.02. The summed E-state index contributed by atoms with van der Waals surface area (Å²) >= 11 is 11.7. The summed E-state index contributed by atoms with van der Waals surface area (Å²) in [6, 6.07) is 4.65. The number of nitrogens with one attached hydrogen (secondary N) is 2. The Morgan fingerprint density at radius 3 is 2.58 bits per heavy atom. The maximum atomic E-state index is 12.3. The third-order valence-electron chi connectivity index (χ3n) is 4.34. The summed E-state index contributed by atoms with van der Waals surface area (Å²) in [7, 11) is 0. The molecule has 0 aromatic heterocycles. The molecule has 1 aromatic rings. The first-order valence-electron chi connectivity index (χ1n) is 8.71. The molecule has 0 spiro atoms. The molecule has 8 heteroatoms. The van der Waals surface area contributed by atoms with Gasteiger partial charge in [-0.1, -0.05) is 30.1 Å². The molecule has 0 saturated carbocycles. The Morgan fingerprint density at radius 2 is 1.88 bits per heavy atom. The van der Waals surface area contributed by atoms with E-state index in [-0.39, 0.29) is 23.6 Å². The Labute approximate surface area is 163 Å². The van der Waals surface area contributed by atoms with Crippen LogP contribution in [-0.4, -0.2) is 48.8 Å². The van der Waals surface area contributed by atoms with Crippen molar-refractivity contribution < 1.29 is 14.4 Å². The van der Waals surface area contributed by atoms with Crippen LogP contribution in [0.25, 0.3) is 0 Å². The minimum absolute atomic E-state index is 0.0800. The molecule has 1 unspecified atom stereocenters. The summed E-state index contributed by atoms with van der Waals surface area (Å²) in [4.78, 5) is 37.8. The maximum Gasteiger partial charge on any atom is 0.251 e. The van der Waals surface area contributed by atoms with Crippen LogP contribution >= 0.6 is 23.2 Å². The van der Waals surface area contributed by atoms with E-state index in [1.807, 2.05) is 6.92 Å². The second kappa shape index (κ2) is 9.78. The summed E-state index contributed by atoms with van der Waals surface area (Å²) in [5, 5.41) is 6.24. The number of carbonyl (C=O) groups excluding carboxylic acids is 3. The first-order chi connectivity index (χ1) is 12.4. The average molecular weight is 400 g/mol. The zero-order valence-electron chi connectivity index (χ0n) is 14.7. The van der Waals surface area contributed by atoms with E-state index in [0.717, 1.165) is 19.4 Å². The number of hydrogen-bond donors (Lipinski definition) is 2. The smallest absolute Gasteiger partial charge is 0.251 e. The SMILES string of the molecule is CCC(=O)N1CCCC(C(=O)NCCNC(=O)c2ccc(Cl)c(Cl)c2)C1. The van der Waals surface area contributed by atoms with Crippen molar-refractivity contribution in [1.82, 2.24) is 15.5 Å². The topological polar surface area (TPSA) is 78.5 Å². The summed E-state index contributed by atoms with van der Waals surface area (Å²) < 4.78 is 0. The van der Waals surface area contributed by atoms with Crippen molar-refractivity contribution in [3.8, 4) is 0 Å². The highest BCUT2D eigenvalue weighted by molar-refractivity contribution is 6.42. The first kappa shape index (κ1) is 20.5. The van der Waals surface area contributed by atoms with E-state index in [0.29, 0.717) is 41.7 Å². The van der Waals surface area contributed by atoms with Crippen LogP contribution in [0.15, 0.2) is 18.2 Å². The molecule has 1 atom stereocenters. The van der Waals surface area contributed by atoms with E-state index >= 15 is 0 Å². The van der Waals surface area contributed by atoms with Gasteiger partial charge in [0.15, 0.2) is 0 Å². The van der Waals surface area contributed by atoms with E-state index < -0.39 is 0 Å². The molecule has 1 aromatic carbocycles. The van der Waals surface area contributed by atoms with E-state index in [1.165, 1.54) is 6.07 Å². The Balaban J connectivity index is 1.73. The van der Waals surface area contributed by atoms with E-state index in [1.54, 1.807) is 17.0 Å². The van der Waals surface area contributed by atoms with Gasteiger partial charge < -0.3 is 15.5 Å². The summed E-state index contributed by atoms with van der Waals surface area (Å²) in [6.07, 6.45) is 2.06. The lowest BCUT2D eigenvalue weighted by molar-refractivity contribution is -0.135. The maximum absolute atomic E-state index is 12.3. The fraction of sp³-hybridized carbons (Fsp3) is 0.500. The second-order valence-electron chi connectivity index (χ2n) is 6.21. The van der Waals surface area contributed by atoms with Crippen molar-refractivity contribution in [2.24, 2.45) is 5.92 Å². The van der Waals surface area contributed by atoms with Crippen molar-refractivity contribution in [2.45, 2.75) is 26.2 Å². The number of piperidine rings is 1. The highest BCUT2D eigenvalue weighted by Crippen LogP contribution is 2.22. The predicted octanol–water partition coefficient (Wildman–Crippen LogP) is 2.49. The third-order valence-corrected chi connectivity index (χ3v) is 5.08. The molecular weight excluding hydrogens is 377 g/mol. The van der Waals surface area contributed by atoms with Gasteiger partial charge in [-0.3, -0.25) is 14.4 Å². The molecule has 0 bridgehead atoms. The molecular formula is C18H23Cl2N3O3. The number of likely N-dealkylation sites (tertiary alicyclic amines) is 1. The van der Waals surface area contributed by atoms with Gasteiger partial charge in [-0.25, -0.2) is 0 Å². The minimum Gasteiger partial charge on any atom is -0.354 e. The minimum atomic E-state index is -0.282. The van der Waals surface area contributed by atoms with Gasteiger partial charge in [-0.2, -0.15) is 0 Å². The molecule has 2 rings (SSSR count).